The predicted octanol–water partition coefficient (Wildman–Crippen LogP) is 2.56. The molecule has 1 aromatic carbocycles. The molecule has 2 aromatic rings. The zero-order chi connectivity index (χ0) is 18.6. The van der Waals surface area contributed by atoms with Crippen molar-refractivity contribution in [1.82, 2.24) is 14.9 Å². The molecular formula is C20H27N3O3. The maximum atomic E-state index is 13.6. The number of aromatic amines is 1. The van der Waals surface area contributed by atoms with Crippen LogP contribution in [0.4, 0.5) is 0 Å². The quantitative estimate of drug-likeness (QED) is 0.798. The van der Waals surface area contributed by atoms with Gasteiger partial charge < -0.3 is 19.7 Å². The van der Waals surface area contributed by atoms with Crippen molar-refractivity contribution in [1.29, 1.82) is 0 Å². The number of aromatic nitrogens is 2. The first-order valence-electron chi connectivity index (χ1n) is 9.14. The summed E-state index contributed by atoms with van der Waals surface area (Å²) in [4.78, 5) is 22.7. The van der Waals surface area contributed by atoms with Crippen LogP contribution in [0.1, 0.15) is 42.8 Å². The molecule has 0 bridgehead atoms. The van der Waals surface area contributed by atoms with Crippen LogP contribution in [-0.4, -0.2) is 46.1 Å². The van der Waals surface area contributed by atoms with E-state index in [-0.39, 0.29) is 12.5 Å². The van der Waals surface area contributed by atoms with Crippen molar-refractivity contribution >= 4 is 5.91 Å². The minimum atomic E-state index is -0.517. The fraction of sp³-hybridized carbons (Fsp3) is 0.500. The van der Waals surface area contributed by atoms with Gasteiger partial charge in [0.25, 0.3) is 0 Å². The monoisotopic (exact) mass is 357 g/mol. The number of aryl methyl sites for hydroxylation is 1. The number of rotatable bonds is 7. The number of hydrogen-bond donors (Lipinski definition) is 2. The van der Waals surface area contributed by atoms with Crippen LogP contribution in [0.2, 0.25) is 0 Å². The van der Waals surface area contributed by atoms with Crippen LogP contribution in [0.5, 0.6) is 5.75 Å². The minimum Gasteiger partial charge on any atom is -0.497 e. The Labute approximate surface area is 154 Å². The summed E-state index contributed by atoms with van der Waals surface area (Å²) in [6.07, 6.45) is 5.49. The Bertz CT molecular complexity index is 733. The minimum absolute atomic E-state index is 0.0580. The van der Waals surface area contributed by atoms with Crippen molar-refractivity contribution in [3.8, 4) is 5.75 Å². The van der Waals surface area contributed by atoms with Crippen molar-refractivity contribution in [3.05, 3.63) is 47.5 Å². The second-order valence-electron chi connectivity index (χ2n) is 6.96. The lowest BCUT2D eigenvalue weighted by Gasteiger charge is -2.34. The number of nitrogens with zero attached hydrogens (tertiary/aromatic N) is 2. The zero-order valence-electron chi connectivity index (χ0n) is 15.5. The molecule has 1 saturated carbocycles. The summed E-state index contributed by atoms with van der Waals surface area (Å²) in [5.41, 5.74) is 1.40. The first-order chi connectivity index (χ1) is 12.6. The SMILES string of the molecule is COc1ccc(C2(C(=O)N(CCO)Cc3cnc(C)[nH]3)CCCC2)cc1. The van der Waals surface area contributed by atoms with Gasteiger partial charge in [-0.05, 0) is 37.5 Å². The third-order valence-corrected chi connectivity index (χ3v) is 5.28. The maximum absolute atomic E-state index is 13.6. The molecule has 3 rings (SSSR count). The molecule has 0 radical (unpaired) electrons. The van der Waals surface area contributed by atoms with Crippen LogP contribution in [0, 0.1) is 6.92 Å². The molecule has 140 valence electrons. The van der Waals surface area contributed by atoms with Crippen LogP contribution >= 0.6 is 0 Å². The van der Waals surface area contributed by atoms with Gasteiger partial charge in [-0.1, -0.05) is 25.0 Å². The number of methoxy groups -OCH3 is 1. The molecule has 1 aliphatic rings. The van der Waals surface area contributed by atoms with Crippen molar-refractivity contribution in [3.63, 3.8) is 0 Å². The lowest BCUT2D eigenvalue weighted by molar-refractivity contribution is -0.138. The Morgan fingerprint density at radius 3 is 2.54 bits per heavy atom. The molecule has 1 aromatic heterocycles. The third-order valence-electron chi connectivity index (χ3n) is 5.28. The molecular weight excluding hydrogens is 330 g/mol. The topological polar surface area (TPSA) is 78.4 Å². The van der Waals surface area contributed by atoms with Crippen LogP contribution in [0.15, 0.2) is 30.5 Å². The molecule has 1 heterocycles. The number of carbonyl (C=O) groups excluding carboxylic acids is 1. The summed E-state index contributed by atoms with van der Waals surface area (Å²) in [5, 5.41) is 9.50. The highest BCUT2D eigenvalue weighted by Crippen LogP contribution is 2.43. The van der Waals surface area contributed by atoms with E-state index in [2.05, 4.69) is 9.97 Å². The Kier molecular flexibility index (Phi) is 5.61. The predicted molar refractivity (Wildman–Crippen MR) is 99.0 cm³/mol. The van der Waals surface area contributed by atoms with Crippen LogP contribution in [0.25, 0.3) is 0 Å². The highest BCUT2D eigenvalue weighted by Gasteiger charge is 2.44. The molecule has 2 N–H and O–H groups in total. The first kappa shape index (κ1) is 18.5. The molecule has 0 saturated heterocycles. The van der Waals surface area contributed by atoms with E-state index in [0.29, 0.717) is 13.1 Å². The second-order valence-corrected chi connectivity index (χ2v) is 6.96. The van der Waals surface area contributed by atoms with Crippen molar-refractivity contribution < 1.29 is 14.6 Å². The molecule has 0 atom stereocenters. The number of nitrogens with one attached hydrogen (secondary N) is 1. The smallest absolute Gasteiger partial charge is 0.233 e. The van der Waals surface area contributed by atoms with Gasteiger partial charge in [0.2, 0.25) is 5.91 Å². The second kappa shape index (κ2) is 7.91. The Morgan fingerprint density at radius 2 is 2.00 bits per heavy atom. The molecule has 6 nitrogen and oxygen atoms in total. The van der Waals surface area contributed by atoms with Crippen molar-refractivity contribution in [2.75, 3.05) is 20.3 Å². The summed E-state index contributed by atoms with van der Waals surface area (Å²) in [6.45, 7) is 2.57. The van der Waals surface area contributed by atoms with Gasteiger partial charge >= 0.3 is 0 Å². The number of aliphatic hydroxyl groups excluding tert-OH is 1. The van der Waals surface area contributed by atoms with Gasteiger partial charge in [0.1, 0.15) is 11.6 Å². The number of hydrogen-bond acceptors (Lipinski definition) is 4. The van der Waals surface area contributed by atoms with E-state index >= 15 is 0 Å². The molecule has 1 fully saturated rings. The van der Waals surface area contributed by atoms with Crippen LogP contribution in [-0.2, 0) is 16.8 Å². The van der Waals surface area contributed by atoms with Gasteiger partial charge in [0.15, 0.2) is 0 Å². The number of benzene rings is 1. The van der Waals surface area contributed by atoms with Gasteiger partial charge in [-0.3, -0.25) is 4.79 Å². The highest BCUT2D eigenvalue weighted by atomic mass is 16.5. The number of imidazole rings is 1. The molecule has 6 heteroatoms. The highest BCUT2D eigenvalue weighted by molar-refractivity contribution is 5.88. The lowest BCUT2D eigenvalue weighted by Crippen LogP contribution is -2.46. The normalized spacial score (nSPS) is 15.8. The average molecular weight is 357 g/mol. The Hall–Kier alpha value is -2.34. The van der Waals surface area contributed by atoms with E-state index in [4.69, 9.17) is 4.74 Å². The van der Waals surface area contributed by atoms with E-state index in [1.165, 1.54) is 0 Å². The largest absolute Gasteiger partial charge is 0.497 e. The van der Waals surface area contributed by atoms with Gasteiger partial charge in [0.05, 0.1) is 37.6 Å². The van der Waals surface area contributed by atoms with Gasteiger partial charge in [-0.25, -0.2) is 4.98 Å². The van der Waals surface area contributed by atoms with E-state index in [1.54, 1.807) is 18.2 Å². The van der Waals surface area contributed by atoms with Crippen molar-refractivity contribution in [2.24, 2.45) is 0 Å². The van der Waals surface area contributed by atoms with Gasteiger partial charge in [-0.15, -0.1) is 0 Å². The summed E-state index contributed by atoms with van der Waals surface area (Å²) in [5.74, 6) is 1.69. The number of carbonyl (C=O) groups is 1. The zero-order valence-corrected chi connectivity index (χ0v) is 15.5. The molecule has 0 unspecified atom stereocenters. The molecule has 1 aliphatic carbocycles. The van der Waals surface area contributed by atoms with Crippen molar-refractivity contribution in [2.45, 2.75) is 44.6 Å². The maximum Gasteiger partial charge on any atom is 0.233 e. The standard InChI is InChI=1S/C20H27N3O3/c1-15-21-13-17(22-15)14-23(11-12-24)19(25)20(9-3-4-10-20)16-5-7-18(26-2)8-6-16/h5-8,13,24H,3-4,9-12,14H2,1-2H3,(H,21,22). The summed E-state index contributed by atoms with van der Waals surface area (Å²) in [7, 11) is 1.64. The summed E-state index contributed by atoms with van der Waals surface area (Å²) >= 11 is 0. The molecule has 1 amide bonds. The fourth-order valence-corrected chi connectivity index (χ4v) is 3.95. The van der Waals surface area contributed by atoms with Gasteiger partial charge in [-0.2, -0.15) is 0 Å². The third kappa shape index (κ3) is 3.60. The number of aliphatic hydroxyl groups is 1. The fourth-order valence-electron chi connectivity index (χ4n) is 3.95. The lowest BCUT2D eigenvalue weighted by atomic mass is 9.77. The van der Waals surface area contributed by atoms with E-state index in [0.717, 1.165) is 48.5 Å². The molecule has 0 aliphatic heterocycles. The van der Waals surface area contributed by atoms with E-state index < -0.39 is 5.41 Å². The first-order valence-corrected chi connectivity index (χ1v) is 9.14. The molecule has 26 heavy (non-hydrogen) atoms. The average Bonchev–Trinajstić information content (AvgIpc) is 3.31. The number of amides is 1. The Morgan fingerprint density at radius 1 is 1.31 bits per heavy atom. The van der Waals surface area contributed by atoms with Crippen LogP contribution < -0.4 is 4.74 Å². The molecule has 0 spiro atoms. The number of ether oxygens (including phenoxy) is 1. The van der Waals surface area contributed by atoms with Crippen LogP contribution in [0.3, 0.4) is 0 Å². The number of H-pyrrole nitrogens is 1. The Balaban J connectivity index is 1.89. The van der Waals surface area contributed by atoms with Gasteiger partial charge in [0, 0.05) is 6.54 Å². The summed E-state index contributed by atoms with van der Waals surface area (Å²) < 4.78 is 5.25. The van der Waals surface area contributed by atoms with E-state index in [1.807, 2.05) is 31.2 Å². The van der Waals surface area contributed by atoms with E-state index in [9.17, 15) is 9.90 Å². The summed E-state index contributed by atoms with van der Waals surface area (Å²) in [6, 6.07) is 7.83.